The Morgan fingerprint density at radius 3 is 2.45 bits per heavy atom. The zero-order chi connectivity index (χ0) is 21.2. The maximum Gasteiger partial charge on any atom is 0.0809 e. The standard InChI is InChI=1S/C26H42O3/c1-17(7-5-8-18(2)27)22-12-13-23-21(9-6-14-26(22,23)4)11-10-20-15-24(28)19(3)25(29)16-20/h10-11,17-18,22-25,27-29H,3,5-9,12-16H2,1-2,4H3/t17-,18+,22?,23+,24-,25-,26-/m1/s1. The van der Waals surface area contributed by atoms with E-state index in [1.807, 2.05) is 6.92 Å². The summed E-state index contributed by atoms with van der Waals surface area (Å²) in [5.41, 5.74) is 3.67. The fourth-order valence-electron chi connectivity index (χ4n) is 6.58. The summed E-state index contributed by atoms with van der Waals surface area (Å²) in [4.78, 5) is 0. The number of hydrogen-bond acceptors (Lipinski definition) is 3. The molecule has 164 valence electrons. The van der Waals surface area contributed by atoms with E-state index in [0.717, 1.165) is 30.3 Å². The molecule has 0 spiro atoms. The van der Waals surface area contributed by atoms with Crippen LogP contribution in [0.3, 0.4) is 0 Å². The molecule has 0 heterocycles. The Morgan fingerprint density at radius 2 is 1.79 bits per heavy atom. The number of rotatable bonds is 6. The van der Waals surface area contributed by atoms with Crippen molar-refractivity contribution in [3.05, 3.63) is 35.5 Å². The molecule has 7 atom stereocenters. The second-order valence-corrected chi connectivity index (χ2v) is 10.4. The molecule has 0 aliphatic heterocycles. The molecular weight excluding hydrogens is 360 g/mol. The molecular formula is C26H42O3. The van der Waals surface area contributed by atoms with Crippen molar-refractivity contribution in [2.45, 2.75) is 103 Å². The maximum atomic E-state index is 10.1. The van der Waals surface area contributed by atoms with Crippen molar-refractivity contribution in [2.75, 3.05) is 0 Å². The summed E-state index contributed by atoms with van der Waals surface area (Å²) in [6, 6.07) is 0. The number of allylic oxidation sites excluding steroid dienone is 3. The van der Waals surface area contributed by atoms with Crippen molar-refractivity contribution < 1.29 is 15.3 Å². The molecule has 0 aromatic heterocycles. The van der Waals surface area contributed by atoms with Crippen molar-refractivity contribution in [3.8, 4) is 0 Å². The lowest BCUT2D eigenvalue weighted by Crippen LogP contribution is -2.36. The topological polar surface area (TPSA) is 60.7 Å². The molecule has 0 aromatic rings. The van der Waals surface area contributed by atoms with Gasteiger partial charge in [0.15, 0.2) is 0 Å². The largest absolute Gasteiger partial charge is 0.393 e. The van der Waals surface area contributed by atoms with Gasteiger partial charge in [-0.25, -0.2) is 0 Å². The third-order valence-electron chi connectivity index (χ3n) is 8.31. The molecule has 0 radical (unpaired) electrons. The normalized spacial score (nSPS) is 38.8. The van der Waals surface area contributed by atoms with E-state index in [1.165, 1.54) is 38.5 Å². The highest BCUT2D eigenvalue weighted by atomic mass is 16.3. The summed E-state index contributed by atoms with van der Waals surface area (Å²) in [7, 11) is 0. The van der Waals surface area contributed by atoms with Crippen LogP contribution < -0.4 is 0 Å². The van der Waals surface area contributed by atoms with Crippen molar-refractivity contribution in [1.82, 2.24) is 0 Å². The van der Waals surface area contributed by atoms with Crippen LogP contribution in [0.25, 0.3) is 0 Å². The van der Waals surface area contributed by atoms with Gasteiger partial charge in [0, 0.05) is 0 Å². The second-order valence-electron chi connectivity index (χ2n) is 10.4. The van der Waals surface area contributed by atoms with Crippen LogP contribution >= 0.6 is 0 Å². The number of hydrogen-bond donors (Lipinski definition) is 3. The summed E-state index contributed by atoms with van der Waals surface area (Å²) in [6.07, 6.45) is 14.0. The van der Waals surface area contributed by atoms with Gasteiger partial charge < -0.3 is 15.3 Å². The highest BCUT2D eigenvalue weighted by Gasteiger charge is 2.50. The molecule has 3 aliphatic carbocycles. The van der Waals surface area contributed by atoms with Gasteiger partial charge in [-0.1, -0.05) is 56.6 Å². The minimum absolute atomic E-state index is 0.180. The molecule has 3 nitrogen and oxygen atoms in total. The summed E-state index contributed by atoms with van der Waals surface area (Å²) >= 11 is 0. The van der Waals surface area contributed by atoms with Crippen LogP contribution in [-0.4, -0.2) is 33.6 Å². The average Bonchev–Trinajstić information content (AvgIpc) is 3.01. The van der Waals surface area contributed by atoms with Crippen LogP contribution in [0.15, 0.2) is 35.5 Å². The lowest BCUT2D eigenvalue weighted by molar-refractivity contribution is 0.0907. The SMILES string of the molecule is C=C1[C@H](O)CC(=CC=C2CCC[C@]3(C)C([C@H](C)CCC[C@H](C)O)CC[C@@H]23)C[C@H]1O. The third kappa shape index (κ3) is 5.06. The van der Waals surface area contributed by atoms with Gasteiger partial charge in [0.25, 0.3) is 0 Å². The Labute approximate surface area is 177 Å². The van der Waals surface area contributed by atoms with Gasteiger partial charge in [0.05, 0.1) is 18.3 Å². The zero-order valence-electron chi connectivity index (χ0n) is 18.7. The van der Waals surface area contributed by atoms with Crippen LogP contribution in [0.1, 0.15) is 85.0 Å². The van der Waals surface area contributed by atoms with Gasteiger partial charge in [-0.2, -0.15) is 0 Å². The zero-order valence-corrected chi connectivity index (χ0v) is 18.7. The monoisotopic (exact) mass is 402 g/mol. The molecule has 3 N–H and O–H groups in total. The lowest BCUT2D eigenvalue weighted by atomic mass is 9.60. The molecule has 0 bridgehead atoms. The van der Waals surface area contributed by atoms with Crippen molar-refractivity contribution in [1.29, 1.82) is 0 Å². The fraction of sp³-hybridized carbons (Fsp3) is 0.769. The van der Waals surface area contributed by atoms with E-state index in [0.29, 0.717) is 29.7 Å². The van der Waals surface area contributed by atoms with E-state index < -0.39 is 12.2 Å². The van der Waals surface area contributed by atoms with Crippen LogP contribution in [-0.2, 0) is 0 Å². The van der Waals surface area contributed by atoms with Crippen LogP contribution in [0.5, 0.6) is 0 Å². The summed E-state index contributed by atoms with van der Waals surface area (Å²) in [6.45, 7) is 10.7. The molecule has 0 saturated heterocycles. The first-order chi connectivity index (χ1) is 13.7. The van der Waals surface area contributed by atoms with Gasteiger partial charge in [-0.3, -0.25) is 0 Å². The Bertz CT molecular complexity index is 630. The first-order valence-electron chi connectivity index (χ1n) is 11.8. The van der Waals surface area contributed by atoms with Crippen molar-refractivity contribution in [3.63, 3.8) is 0 Å². The Hall–Kier alpha value is -0.900. The van der Waals surface area contributed by atoms with E-state index in [1.54, 1.807) is 5.57 Å². The molecule has 3 rings (SSSR count). The summed E-state index contributed by atoms with van der Waals surface area (Å²) < 4.78 is 0. The average molecular weight is 403 g/mol. The van der Waals surface area contributed by atoms with Gasteiger partial charge in [0.2, 0.25) is 0 Å². The maximum absolute atomic E-state index is 10.1. The van der Waals surface area contributed by atoms with Gasteiger partial charge >= 0.3 is 0 Å². The van der Waals surface area contributed by atoms with Crippen LogP contribution in [0.2, 0.25) is 0 Å². The minimum Gasteiger partial charge on any atom is -0.393 e. The second kappa shape index (κ2) is 9.49. The number of aliphatic hydroxyl groups excluding tert-OH is 3. The highest BCUT2D eigenvalue weighted by molar-refractivity contribution is 5.29. The first-order valence-corrected chi connectivity index (χ1v) is 11.8. The molecule has 0 aromatic carbocycles. The van der Waals surface area contributed by atoms with Crippen LogP contribution in [0.4, 0.5) is 0 Å². The highest BCUT2D eigenvalue weighted by Crippen LogP contribution is 2.59. The Kier molecular flexibility index (Phi) is 7.46. The van der Waals surface area contributed by atoms with Crippen molar-refractivity contribution >= 4 is 0 Å². The quantitative estimate of drug-likeness (QED) is 0.527. The molecule has 3 saturated carbocycles. The van der Waals surface area contributed by atoms with E-state index in [2.05, 4.69) is 32.6 Å². The number of fused-ring (bicyclic) bond motifs is 1. The Balaban J connectivity index is 1.68. The summed E-state index contributed by atoms with van der Waals surface area (Å²) in [5, 5.41) is 29.8. The predicted octanol–water partition coefficient (Wildman–Crippen LogP) is 5.31. The number of aliphatic hydroxyl groups is 3. The van der Waals surface area contributed by atoms with E-state index in [-0.39, 0.29) is 6.10 Å². The van der Waals surface area contributed by atoms with Gasteiger partial charge in [-0.15, -0.1) is 0 Å². The van der Waals surface area contributed by atoms with Gasteiger partial charge in [0.1, 0.15) is 0 Å². The molecule has 0 amide bonds. The summed E-state index contributed by atoms with van der Waals surface area (Å²) in [5.74, 6) is 2.17. The molecule has 3 aliphatic rings. The molecule has 1 unspecified atom stereocenters. The van der Waals surface area contributed by atoms with E-state index >= 15 is 0 Å². The Morgan fingerprint density at radius 1 is 1.10 bits per heavy atom. The molecule has 3 heteroatoms. The predicted molar refractivity (Wildman–Crippen MR) is 119 cm³/mol. The fourth-order valence-corrected chi connectivity index (χ4v) is 6.58. The lowest BCUT2D eigenvalue weighted by Gasteiger charge is -2.44. The first kappa shape index (κ1) is 22.8. The van der Waals surface area contributed by atoms with E-state index in [9.17, 15) is 15.3 Å². The van der Waals surface area contributed by atoms with Crippen LogP contribution in [0, 0.1) is 23.2 Å². The van der Waals surface area contributed by atoms with Gasteiger partial charge in [-0.05, 0) is 87.0 Å². The van der Waals surface area contributed by atoms with E-state index in [4.69, 9.17) is 0 Å². The minimum atomic E-state index is -0.613. The molecule has 3 fully saturated rings. The smallest absolute Gasteiger partial charge is 0.0809 e. The third-order valence-corrected chi connectivity index (χ3v) is 8.31. The molecule has 29 heavy (non-hydrogen) atoms. The van der Waals surface area contributed by atoms with Crippen molar-refractivity contribution in [2.24, 2.45) is 23.2 Å².